The molecule has 0 amide bonds. The molecule has 0 aliphatic carbocycles. The molecule has 0 aromatic heterocycles. The van der Waals surface area contributed by atoms with Gasteiger partial charge in [0.05, 0.1) is 11.1 Å². The summed E-state index contributed by atoms with van der Waals surface area (Å²) in [4.78, 5) is 0. The molecule has 100 valence electrons. The van der Waals surface area contributed by atoms with Gasteiger partial charge in [0, 0.05) is 6.42 Å². The van der Waals surface area contributed by atoms with E-state index in [1.165, 1.54) is 24.3 Å². The van der Waals surface area contributed by atoms with Crippen LogP contribution in [0.5, 0.6) is 0 Å². The Balaban J connectivity index is 2.23. The second-order valence-corrected chi connectivity index (χ2v) is 4.51. The number of hydrogen-bond donors (Lipinski definition) is 1. The van der Waals surface area contributed by atoms with Crippen LogP contribution < -0.4 is 0 Å². The van der Waals surface area contributed by atoms with Crippen LogP contribution in [0.4, 0.5) is 13.2 Å². The molecule has 0 aliphatic heterocycles. The molecular weight excluding hydrogens is 277 g/mol. The molecule has 0 saturated heterocycles. The first-order valence-corrected chi connectivity index (χ1v) is 5.92. The van der Waals surface area contributed by atoms with Crippen molar-refractivity contribution in [3.8, 4) is 0 Å². The first-order chi connectivity index (χ1) is 8.99. The highest BCUT2D eigenvalue weighted by molar-refractivity contribution is 6.30. The molecule has 1 nitrogen and oxygen atoms in total. The lowest BCUT2D eigenvalue weighted by atomic mass is 10.0. The number of rotatable bonds is 3. The molecular formula is C14H10ClF3O. The van der Waals surface area contributed by atoms with Crippen molar-refractivity contribution >= 4 is 11.6 Å². The normalized spacial score (nSPS) is 12.5. The topological polar surface area (TPSA) is 20.2 Å². The highest BCUT2D eigenvalue weighted by Crippen LogP contribution is 2.24. The highest BCUT2D eigenvalue weighted by atomic mass is 35.5. The average molecular weight is 287 g/mol. The summed E-state index contributed by atoms with van der Waals surface area (Å²) in [6, 6.07) is 7.47. The van der Waals surface area contributed by atoms with Crippen LogP contribution in [0.25, 0.3) is 0 Å². The summed E-state index contributed by atoms with van der Waals surface area (Å²) in [5, 5.41) is 9.81. The molecule has 2 aromatic rings. The Morgan fingerprint density at radius 2 is 1.79 bits per heavy atom. The zero-order valence-corrected chi connectivity index (χ0v) is 10.5. The van der Waals surface area contributed by atoms with Gasteiger partial charge in [-0.1, -0.05) is 29.8 Å². The molecule has 0 heterocycles. The lowest BCUT2D eigenvalue weighted by Gasteiger charge is -2.12. The molecule has 19 heavy (non-hydrogen) atoms. The van der Waals surface area contributed by atoms with Crippen molar-refractivity contribution in [2.75, 3.05) is 0 Å². The van der Waals surface area contributed by atoms with Crippen molar-refractivity contribution < 1.29 is 18.3 Å². The van der Waals surface area contributed by atoms with Crippen LogP contribution in [0.1, 0.15) is 17.2 Å². The lowest BCUT2D eigenvalue weighted by Crippen LogP contribution is -2.05. The molecule has 0 spiro atoms. The van der Waals surface area contributed by atoms with Crippen molar-refractivity contribution in [2.45, 2.75) is 12.5 Å². The highest BCUT2D eigenvalue weighted by Gasteiger charge is 2.15. The SMILES string of the molecule is OC(Cc1cccc(F)c1F)c1ccc(F)c(Cl)c1. The second-order valence-electron chi connectivity index (χ2n) is 4.11. The Labute approximate surface area is 113 Å². The zero-order valence-electron chi connectivity index (χ0n) is 9.71. The first-order valence-electron chi connectivity index (χ1n) is 5.55. The fourth-order valence-electron chi connectivity index (χ4n) is 1.75. The fourth-order valence-corrected chi connectivity index (χ4v) is 1.94. The van der Waals surface area contributed by atoms with Crippen LogP contribution in [0, 0.1) is 17.5 Å². The van der Waals surface area contributed by atoms with E-state index in [1.807, 2.05) is 0 Å². The average Bonchev–Trinajstić information content (AvgIpc) is 2.38. The van der Waals surface area contributed by atoms with E-state index in [-0.39, 0.29) is 17.0 Å². The third kappa shape index (κ3) is 3.08. The standard InChI is InChI=1S/C14H10ClF3O/c15-10-6-8(4-5-11(10)16)13(19)7-9-2-1-3-12(17)14(9)18/h1-6,13,19H,7H2. The van der Waals surface area contributed by atoms with E-state index < -0.39 is 23.6 Å². The van der Waals surface area contributed by atoms with Crippen molar-refractivity contribution in [2.24, 2.45) is 0 Å². The Kier molecular flexibility index (Phi) is 4.12. The number of hydrogen-bond acceptors (Lipinski definition) is 1. The largest absolute Gasteiger partial charge is 0.388 e. The minimum atomic E-state index is -1.09. The van der Waals surface area contributed by atoms with Gasteiger partial charge in [-0.05, 0) is 29.3 Å². The van der Waals surface area contributed by atoms with Crippen LogP contribution in [-0.4, -0.2) is 5.11 Å². The summed E-state index contributed by atoms with van der Waals surface area (Å²) in [7, 11) is 0. The van der Waals surface area contributed by atoms with Gasteiger partial charge in [-0.3, -0.25) is 0 Å². The van der Waals surface area contributed by atoms with Crippen LogP contribution in [0.2, 0.25) is 5.02 Å². The minimum Gasteiger partial charge on any atom is -0.388 e. The Bertz CT molecular complexity index is 601. The Hall–Kier alpha value is -1.52. The second kappa shape index (κ2) is 5.63. The van der Waals surface area contributed by atoms with Crippen molar-refractivity contribution in [3.63, 3.8) is 0 Å². The molecule has 0 fully saturated rings. The number of halogens is 4. The van der Waals surface area contributed by atoms with Crippen LogP contribution in [0.3, 0.4) is 0 Å². The lowest BCUT2D eigenvalue weighted by molar-refractivity contribution is 0.176. The van der Waals surface area contributed by atoms with Gasteiger partial charge in [0.2, 0.25) is 0 Å². The molecule has 2 rings (SSSR count). The maximum Gasteiger partial charge on any atom is 0.162 e. The van der Waals surface area contributed by atoms with Gasteiger partial charge in [-0.25, -0.2) is 13.2 Å². The van der Waals surface area contributed by atoms with E-state index in [1.54, 1.807) is 0 Å². The Morgan fingerprint density at radius 3 is 2.47 bits per heavy atom. The first kappa shape index (κ1) is 13.9. The van der Waals surface area contributed by atoms with Gasteiger partial charge < -0.3 is 5.11 Å². The molecule has 0 bridgehead atoms. The summed E-state index contributed by atoms with van der Waals surface area (Å²) < 4.78 is 39.5. The van der Waals surface area contributed by atoms with Crippen molar-refractivity contribution in [1.82, 2.24) is 0 Å². The quantitative estimate of drug-likeness (QED) is 0.903. The summed E-state index contributed by atoms with van der Waals surface area (Å²) in [5.74, 6) is -2.56. The molecule has 1 atom stereocenters. The van der Waals surface area contributed by atoms with Gasteiger partial charge >= 0.3 is 0 Å². The number of benzene rings is 2. The van der Waals surface area contributed by atoms with E-state index in [4.69, 9.17) is 11.6 Å². The van der Waals surface area contributed by atoms with Gasteiger partial charge in [0.25, 0.3) is 0 Å². The van der Waals surface area contributed by atoms with Gasteiger partial charge in [0.1, 0.15) is 5.82 Å². The molecule has 0 saturated carbocycles. The Morgan fingerprint density at radius 1 is 1.05 bits per heavy atom. The smallest absolute Gasteiger partial charge is 0.162 e. The molecule has 1 unspecified atom stereocenters. The summed E-state index contributed by atoms with van der Waals surface area (Å²) >= 11 is 5.60. The molecule has 0 aliphatic rings. The van der Waals surface area contributed by atoms with Crippen molar-refractivity contribution in [1.29, 1.82) is 0 Å². The van der Waals surface area contributed by atoms with Crippen LogP contribution in [0.15, 0.2) is 36.4 Å². The third-order valence-corrected chi connectivity index (χ3v) is 3.06. The summed E-state index contributed by atoms with van der Waals surface area (Å²) in [6.07, 6.45) is -1.21. The summed E-state index contributed by atoms with van der Waals surface area (Å²) in [6.45, 7) is 0. The predicted octanol–water partition coefficient (Wildman–Crippen LogP) is 4.03. The molecule has 1 N–H and O–H groups in total. The molecule has 0 radical (unpaired) electrons. The van der Waals surface area contributed by atoms with Gasteiger partial charge in [-0.15, -0.1) is 0 Å². The fraction of sp³-hybridized carbons (Fsp3) is 0.143. The third-order valence-electron chi connectivity index (χ3n) is 2.77. The van der Waals surface area contributed by atoms with Crippen LogP contribution >= 0.6 is 11.6 Å². The molecule has 2 aromatic carbocycles. The van der Waals surface area contributed by atoms with E-state index in [2.05, 4.69) is 0 Å². The van der Waals surface area contributed by atoms with E-state index in [0.29, 0.717) is 5.56 Å². The zero-order chi connectivity index (χ0) is 14.0. The summed E-state index contributed by atoms with van der Waals surface area (Å²) in [5.41, 5.74) is 0.392. The van der Waals surface area contributed by atoms with E-state index >= 15 is 0 Å². The predicted molar refractivity (Wildman–Crippen MR) is 66.4 cm³/mol. The molecule has 5 heteroatoms. The maximum absolute atomic E-state index is 13.4. The number of aliphatic hydroxyl groups excluding tert-OH is 1. The van der Waals surface area contributed by atoms with Gasteiger partial charge in [0.15, 0.2) is 11.6 Å². The maximum atomic E-state index is 13.4. The monoisotopic (exact) mass is 286 g/mol. The van der Waals surface area contributed by atoms with E-state index in [9.17, 15) is 18.3 Å². The van der Waals surface area contributed by atoms with Crippen molar-refractivity contribution in [3.05, 3.63) is 70.0 Å². The van der Waals surface area contributed by atoms with E-state index in [0.717, 1.165) is 12.1 Å². The van der Waals surface area contributed by atoms with Crippen LogP contribution in [-0.2, 0) is 6.42 Å². The minimum absolute atomic E-state index is 0.0490. The van der Waals surface area contributed by atoms with Gasteiger partial charge in [-0.2, -0.15) is 0 Å². The number of aliphatic hydroxyl groups is 1.